The molecule has 2 heterocycles. The summed E-state index contributed by atoms with van der Waals surface area (Å²) in [6.07, 6.45) is 0.0157. The van der Waals surface area contributed by atoms with Gasteiger partial charge < -0.3 is 23.8 Å². The molecule has 1 aliphatic heterocycles. The summed E-state index contributed by atoms with van der Waals surface area (Å²) in [5.74, 6) is 1.82. The average Bonchev–Trinajstić information content (AvgIpc) is 2.89. The first-order valence-corrected chi connectivity index (χ1v) is 11.6. The maximum Gasteiger partial charge on any atom is 0.508 e. The van der Waals surface area contributed by atoms with E-state index in [2.05, 4.69) is 4.98 Å². The van der Waals surface area contributed by atoms with Crippen LogP contribution in [0.25, 0.3) is 11.1 Å². The first-order valence-electron chi connectivity index (χ1n) is 11.6. The molecule has 3 aromatic rings. The van der Waals surface area contributed by atoms with Crippen molar-refractivity contribution in [3.63, 3.8) is 0 Å². The summed E-state index contributed by atoms with van der Waals surface area (Å²) in [4.78, 5) is 29.0. The fourth-order valence-corrected chi connectivity index (χ4v) is 3.95. The molecule has 188 valence electrons. The highest BCUT2D eigenvalue weighted by atomic mass is 16.7. The zero-order valence-electron chi connectivity index (χ0n) is 20.1. The Morgan fingerprint density at radius 2 is 1.61 bits per heavy atom. The lowest BCUT2D eigenvalue weighted by Crippen LogP contribution is -2.38. The van der Waals surface area contributed by atoms with Gasteiger partial charge in [0, 0.05) is 38.1 Å². The van der Waals surface area contributed by atoms with Gasteiger partial charge in [-0.1, -0.05) is 24.3 Å². The lowest BCUT2D eigenvalue weighted by Gasteiger charge is -2.31. The standard InChI is InChI=1S/C26H27N3O7/c1-3-34-26(30)36-22-14-16-28(17-15-22)25-23(29(31)32)12-13-24(27-25)35-21-10-6-19(7-11-21)18-4-8-20(33-2)9-5-18/h4-13,22H,3,14-17H2,1-2H3. The topological polar surface area (TPSA) is 113 Å². The molecule has 0 N–H and O–H groups in total. The molecule has 36 heavy (non-hydrogen) atoms. The van der Waals surface area contributed by atoms with E-state index < -0.39 is 11.1 Å². The van der Waals surface area contributed by atoms with E-state index in [1.54, 1.807) is 14.0 Å². The number of aromatic nitrogens is 1. The molecular weight excluding hydrogens is 466 g/mol. The molecule has 0 radical (unpaired) electrons. The number of piperidine rings is 1. The molecule has 1 saturated heterocycles. The first kappa shape index (κ1) is 24.8. The highest BCUT2D eigenvalue weighted by Crippen LogP contribution is 2.33. The zero-order valence-corrected chi connectivity index (χ0v) is 20.1. The van der Waals surface area contributed by atoms with Crippen LogP contribution in [0.15, 0.2) is 60.7 Å². The van der Waals surface area contributed by atoms with Gasteiger partial charge >= 0.3 is 11.8 Å². The van der Waals surface area contributed by atoms with Gasteiger partial charge in [-0.3, -0.25) is 10.1 Å². The van der Waals surface area contributed by atoms with Gasteiger partial charge in [0.1, 0.15) is 17.6 Å². The number of pyridine rings is 1. The Morgan fingerprint density at radius 3 is 2.17 bits per heavy atom. The van der Waals surface area contributed by atoms with E-state index in [0.29, 0.717) is 31.7 Å². The number of ether oxygens (including phenoxy) is 4. The molecule has 1 aromatic heterocycles. The fraction of sp³-hybridized carbons (Fsp3) is 0.308. The average molecular weight is 494 g/mol. The predicted octanol–water partition coefficient (Wildman–Crippen LogP) is 5.60. The van der Waals surface area contributed by atoms with Gasteiger partial charge in [0.05, 0.1) is 18.6 Å². The molecule has 4 rings (SSSR count). The Labute approximate surface area is 208 Å². The van der Waals surface area contributed by atoms with E-state index in [1.807, 2.05) is 53.4 Å². The number of carbonyl (C=O) groups excluding carboxylic acids is 1. The van der Waals surface area contributed by atoms with Crippen LogP contribution in [0.1, 0.15) is 19.8 Å². The molecule has 1 aliphatic rings. The number of nitro groups is 1. The summed E-state index contributed by atoms with van der Waals surface area (Å²) in [5.41, 5.74) is 1.94. The second-order valence-corrected chi connectivity index (χ2v) is 8.09. The number of rotatable bonds is 8. The quantitative estimate of drug-likeness (QED) is 0.225. The predicted molar refractivity (Wildman–Crippen MR) is 133 cm³/mol. The Balaban J connectivity index is 1.45. The van der Waals surface area contributed by atoms with Crippen LogP contribution < -0.4 is 14.4 Å². The molecule has 10 nitrogen and oxygen atoms in total. The zero-order chi connectivity index (χ0) is 25.5. The van der Waals surface area contributed by atoms with Crippen molar-refractivity contribution in [2.75, 3.05) is 31.7 Å². The SMILES string of the molecule is CCOC(=O)OC1CCN(c2nc(Oc3ccc(-c4ccc(OC)cc4)cc3)ccc2[N+](=O)[O-])CC1. The fourth-order valence-electron chi connectivity index (χ4n) is 3.95. The van der Waals surface area contributed by atoms with Crippen molar-refractivity contribution in [2.24, 2.45) is 0 Å². The molecular formula is C26H27N3O7. The number of hydrogen-bond donors (Lipinski definition) is 0. The third-order valence-corrected chi connectivity index (χ3v) is 5.79. The maximum atomic E-state index is 11.6. The van der Waals surface area contributed by atoms with Gasteiger partial charge in [0.2, 0.25) is 11.7 Å². The molecule has 0 aliphatic carbocycles. The van der Waals surface area contributed by atoms with E-state index in [-0.39, 0.29) is 30.1 Å². The lowest BCUT2D eigenvalue weighted by molar-refractivity contribution is -0.384. The lowest BCUT2D eigenvalue weighted by atomic mass is 10.1. The van der Waals surface area contributed by atoms with Crippen molar-refractivity contribution in [2.45, 2.75) is 25.9 Å². The third kappa shape index (κ3) is 6.01. The van der Waals surface area contributed by atoms with E-state index in [4.69, 9.17) is 18.9 Å². The molecule has 0 bridgehead atoms. The number of anilines is 1. The minimum absolute atomic E-state index is 0.109. The summed E-state index contributed by atoms with van der Waals surface area (Å²) in [7, 11) is 1.63. The van der Waals surface area contributed by atoms with E-state index in [1.165, 1.54) is 12.1 Å². The van der Waals surface area contributed by atoms with Crippen LogP contribution in [0.5, 0.6) is 17.4 Å². The third-order valence-electron chi connectivity index (χ3n) is 5.79. The van der Waals surface area contributed by atoms with Crippen molar-refractivity contribution in [3.05, 3.63) is 70.8 Å². The minimum Gasteiger partial charge on any atom is -0.497 e. The first-order chi connectivity index (χ1) is 17.5. The van der Waals surface area contributed by atoms with Gasteiger partial charge in [-0.05, 0) is 42.3 Å². The van der Waals surface area contributed by atoms with E-state index in [0.717, 1.165) is 16.9 Å². The van der Waals surface area contributed by atoms with E-state index in [9.17, 15) is 14.9 Å². The molecule has 0 unspecified atom stereocenters. The van der Waals surface area contributed by atoms with E-state index >= 15 is 0 Å². The van der Waals surface area contributed by atoms with Gasteiger partial charge in [0.15, 0.2) is 0 Å². The van der Waals surface area contributed by atoms with Crippen LogP contribution in [0.2, 0.25) is 0 Å². The van der Waals surface area contributed by atoms with Crippen LogP contribution in [0.3, 0.4) is 0 Å². The number of hydrogen-bond acceptors (Lipinski definition) is 9. The summed E-state index contributed by atoms with van der Waals surface area (Å²) in [5, 5.41) is 11.6. The molecule has 0 atom stereocenters. The molecule has 0 amide bonds. The highest BCUT2D eigenvalue weighted by molar-refractivity contribution is 5.65. The summed E-state index contributed by atoms with van der Waals surface area (Å²) in [6, 6.07) is 18.1. The van der Waals surface area contributed by atoms with Crippen LogP contribution in [0, 0.1) is 10.1 Å². The smallest absolute Gasteiger partial charge is 0.497 e. The maximum absolute atomic E-state index is 11.6. The van der Waals surface area contributed by atoms with Gasteiger partial charge in [-0.15, -0.1) is 0 Å². The molecule has 0 saturated carbocycles. The summed E-state index contributed by atoms with van der Waals surface area (Å²) in [6.45, 7) is 2.83. The Bertz CT molecular complexity index is 1190. The molecule has 1 fully saturated rings. The van der Waals surface area contributed by atoms with Crippen LogP contribution in [0.4, 0.5) is 16.3 Å². The summed E-state index contributed by atoms with van der Waals surface area (Å²) < 4.78 is 21.2. The number of methoxy groups -OCH3 is 1. The number of carbonyl (C=O) groups is 1. The van der Waals surface area contributed by atoms with Crippen molar-refractivity contribution >= 4 is 17.7 Å². The second kappa shape index (κ2) is 11.4. The Morgan fingerprint density at radius 1 is 1.00 bits per heavy atom. The van der Waals surface area contributed by atoms with Crippen molar-refractivity contribution in [3.8, 4) is 28.5 Å². The van der Waals surface area contributed by atoms with Crippen LogP contribution in [-0.2, 0) is 9.47 Å². The second-order valence-electron chi connectivity index (χ2n) is 8.09. The Hall–Kier alpha value is -4.34. The number of nitrogens with zero attached hydrogens (tertiary/aromatic N) is 3. The van der Waals surface area contributed by atoms with Crippen molar-refractivity contribution < 1.29 is 28.7 Å². The van der Waals surface area contributed by atoms with Gasteiger partial charge in [0.25, 0.3) is 0 Å². The van der Waals surface area contributed by atoms with Gasteiger partial charge in [-0.2, -0.15) is 4.98 Å². The molecule has 10 heteroatoms. The van der Waals surface area contributed by atoms with Crippen molar-refractivity contribution in [1.82, 2.24) is 4.98 Å². The monoisotopic (exact) mass is 493 g/mol. The minimum atomic E-state index is -0.700. The van der Waals surface area contributed by atoms with Crippen LogP contribution >= 0.6 is 0 Å². The largest absolute Gasteiger partial charge is 0.508 e. The Kier molecular flexibility index (Phi) is 7.84. The summed E-state index contributed by atoms with van der Waals surface area (Å²) >= 11 is 0. The number of benzene rings is 2. The van der Waals surface area contributed by atoms with Crippen LogP contribution in [-0.4, -0.2) is 49.0 Å². The highest BCUT2D eigenvalue weighted by Gasteiger charge is 2.28. The molecule has 0 spiro atoms. The molecule has 2 aromatic carbocycles. The van der Waals surface area contributed by atoms with Crippen molar-refractivity contribution in [1.29, 1.82) is 0 Å². The van der Waals surface area contributed by atoms with Gasteiger partial charge in [-0.25, -0.2) is 4.79 Å². The normalized spacial score (nSPS) is 13.7.